The molecule has 31 heavy (non-hydrogen) atoms. The summed E-state index contributed by atoms with van der Waals surface area (Å²) < 4.78 is 22.6. The number of aryl methyl sites for hydroxylation is 1. The molecule has 2 fully saturated rings. The molecule has 1 saturated carbocycles. The normalized spacial score (nSPS) is 21.1. The summed E-state index contributed by atoms with van der Waals surface area (Å²) in [6.45, 7) is 3.03. The van der Waals surface area contributed by atoms with Gasteiger partial charge in [-0.2, -0.15) is 4.68 Å². The number of amides is 1. The second-order valence-corrected chi connectivity index (χ2v) is 8.55. The molecule has 2 heterocycles. The molecule has 1 aromatic carbocycles. The van der Waals surface area contributed by atoms with Gasteiger partial charge in [-0.1, -0.05) is 0 Å². The van der Waals surface area contributed by atoms with Gasteiger partial charge in [0.25, 0.3) is 5.56 Å². The summed E-state index contributed by atoms with van der Waals surface area (Å²) in [7, 11) is 1.54. The Balaban J connectivity index is 1.83. The predicted octanol–water partition coefficient (Wildman–Crippen LogP) is 0.770. The summed E-state index contributed by atoms with van der Waals surface area (Å²) in [5, 5.41) is 11.5. The number of carbonyl (C=O) groups is 1. The van der Waals surface area contributed by atoms with Gasteiger partial charge in [-0.3, -0.25) is 9.36 Å². The fourth-order valence-electron chi connectivity index (χ4n) is 4.73. The number of rotatable bonds is 6. The van der Waals surface area contributed by atoms with Crippen LogP contribution < -0.4 is 27.3 Å². The number of halogens is 1. The lowest BCUT2D eigenvalue weighted by molar-refractivity contribution is 0.0918. The van der Waals surface area contributed by atoms with Crippen molar-refractivity contribution in [3.05, 3.63) is 38.3 Å². The maximum absolute atomic E-state index is 15.3. The Morgan fingerprint density at radius 2 is 2.13 bits per heavy atom. The zero-order valence-corrected chi connectivity index (χ0v) is 17.5. The topological polar surface area (TPSA) is 132 Å². The van der Waals surface area contributed by atoms with E-state index in [1.54, 1.807) is 14.0 Å². The van der Waals surface area contributed by atoms with Crippen LogP contribution in [-0.4, -0.2) is 53.8 Å². The highest BCUT2D eigenvalue weighted by atomic mass is 19.1. The highest BCUT2D eigenvalue weighted by molar-refractivity contribution is 5.87. The first-order chi connectivity index (χ1) is 14.7. The number of nitrogens with zero attached hydrogens (tertiary/aromatic N) is 3. The van der Waals surface area contributed by atoms with Gasteiger partial charge in [-0.25, -0.2) is 14.0 Å². The Morgan fingerprint density at radius 3 is 2.74 bits per heavy atom. The van der Waals surface area contributed by atoms with E-state index in [9.17, 15) is 14.4 Å². The standard InChI is InChI=1S/C20H26FN5O5/c1-11-15-13(17(27)26(22)19(30)25(15)12-3-4-12)7-14(21)16(11)24-6-5-20(9-24,10-31-2)8-23-18(28)29/h7,12,23H,3-6,8-10,22H2,1-2H3,(H,28,29). The van der Waals surface area contributed by atoms with Gasteiger partial charge < -0.3 is 25.9 Å². The van der Waals surface area contributed by atoms with Crippen molar-refractivity contribution in [1.29, 1.82) is 0 Å². The average Bonchev–Trinajstić information content (AvgIpc) is 3.47. The lowest BCUT2D eigenvalue weighted by atomic mass is 9.88. The zero-order valence-electron chi connectivity index (χ0n) is 17.5. The van der Waals surface area contributed by atoms with Crippen LogP contribution in [0.2, 0.25) is 0 Å². The Labute approximate surface area is 177 Å². The fourth-order valence-corrected chi connectivity index (χ4v) is 4.73. The van der Waals surface area contributed by atoms with E-state index >= 15 is 4.39 Å². The van der Waals surface area contributed by atoms with E-state index in [0.29, 0.717) is 47.6 Å². The molecule has 1 aromatic heterocycles. The second kappa shape index (κ2) is 7.56. The third kappa shape index (κ3) is 3.52. The number of nitrogen functional groups attached to an aromatic ring is 1. The lowest BCUT2D eigenvalue weighted by Gasteiger charge is -2.30. The number of anilines is 1. The third-order valence-corrected chi connectivity index (χ3v) is 6.30. The SMILES string of the molecule is COCC1(CNC(=O)O)CCN(c2c(F)cc3c(=O)n(N)c(=O)n(C4CC4)c3c2C)C1. The van der Waals surface area contributed by atoms with E-state index in [-0.39, 0.29) is 18.0 Å². The molecule has 1 amide bonds. The van der Waals surface area contributed by atoms with Crippen molar-refractivity contribution < 1.29 is 19.0 Å². The highest BCUT2D eigenvalue weighted by Gasteiger charge is 2.40. The van der Waals surface area contributed by atoms with Gasteiger partial charge in [-0.15, -0.1) is 0 Å². The van der Waals surface area contributed by atoms with Gasteiger partial charge in [0.1, 0.15) is 5.82 Å². The molecule has 1 aliphatic carbocycles. The van der Waals surface area contributed by atoms with Crippen molar-refractivity contribution in [3.8, 4) is 0 Å². The van der Waals surface area contributed by atoms with Gasteiger partial charge in [0.05, 0.1) is 23.2 Å². The van der Waals surface area contributed by atoms with Crippen LogP contribution >= 0.6 is 0 Å². The van der Waals surface area contributed by atoms with Crippen LogP contribution in [0.1, 0.15) is 30.9 Å². The van der Waals surface area contributed by atoms with Crippen molar-refractivity contribution in [2.24, 2.45) is 5.41 Å². The molecule has 1 atom stereocenters. The van der Waals surface area contributed by atoms with Crippen molar-refractivity contribution in [3.63, 3.8) is 0 Å². The number of hydrogen-bond acceptors (Lipinski definition) is 6. The molecular formula is C20H26FN5O5. The van der Waals surface area contributed by atoms with Crippen LogP contribution in [0, 0.1) is 18.2 Å². The molecule has 168 valence electrons. The Hall–Kier alpha value is -3.08. The van der Waals surface area contributed by atoms with E-state index in [4.69, 9.17) is 15.7 Å². The van der Waals surface area contributed by atoms with Crippen LogP contribution in [-0.2, 0) is 4.74 Å². The molecule has 1 unspecified atom stereocenters. The summed E-state index contributed by atoms with van der Waals surface area (Å²) >= 11 is 0. The van der Waals surface area contributed by atoms with E-state index in [1.807, 2.05) is 4.90 Å². The highest BCUT2D eigenvalue weighted by Crippen LogP contribution is 2.41. The predicted molar refractivity (Wildman–Crippen MR) is 113 cm³/mol. The van der Waals surface area contributed by atoms with Crippen molar-refractivity contribution in [2.45, 2.75) is 32.2 Å². The maximum Gasteiger partial charge on any atom is 0.404 e. The smallest absolute Gasteiger partial charge is 0.404 e. The fraction of sp³-hybridized carbons (Fsp3) is 0.550. The summed E-state index contributed by atoms with van der Waals surface area (Å²) in [5.41, 5.74) is -0.645. The first kappa shape index (κ1) is 21.2. The Bertz CT molecular complexity index is 1170. The van der Waals surface area contributed by atoms with Crippen LogP contribution in [0.3, 0.4) is 0 Å². The van der Waals surface area contributed by atoms with E-state index in [1.165, 1.54) is 4.57 Å². The Kier molecular flexibility index (Phi) is 5.16. The first-order valence-corrected chi connectivity index (χ1v) is 10.2. The summed E-state index contributed by atoms with van der Waals surface area (Å²) in [6, 6.07) is 1.08. The number of hydrogen-bond donors (Lipinski definition) is 3. The number of benzene rings is 1. The summed E-state index contributed by atoms with van der Waals surface area (Å²) in [5.74, 6) is 5.09. The number of methoxy groups -OCH3 is 1. The minimum absolute atomic E-state index is 0.0617. The maximum atomic E-state index is 15.3. The zero-order chi connectivity index (χ0) is 22.5. The van der Waals surface area contributed by atoms with Crippen LogP contribution in [0.4, 0.5) is 14.9 Å². The molecule has 0 bridgehead atoms. The molecule has 11 heteroatoms. The molecule has 1 saturated heterocycles. The van der Waals surface area contributed by atoms with Crippen molar-refractivity contribution in [2.75, 3.05) is 44.1 Å². The van der Waals surface area contributed by atoms with Gasteiger partial charge in [-0.05, 0) is 32.3 Å². The molecule has 1 aliphatic heterocycles. The number of nitrogens with two attached hydrogens (primary N) is 1. The van der Waals surface area contributed by atoms with Crippen LogP contribution in [0.5, 0.6) is 0 Å². The number of aromatic nitrogens is 2. The summed E-state index contributed by atoms with van der Waals surface area (Å²) in [4.78, 5) is 38.1. The number of carboxylic acid groups (broad SMARTS) is 1. The number of nitrogens with one attached hydrogen (secondary N) is 1. The lowest BCUT2D eigenvalue weighted by Crippen LogP contribution is -2.45. The van der Waals surface area contributed by atoms with Gasteiger partial charge in [0.2, 0.25) is 0 Å². The molecule has 10 nitrogen and oxygen atoms in total. The minimum Gasteiger partial charge on any atom is -0.465 e. The molecule has 4 rings (SSSR count). The monoisotopic (exact) mass is 435 g/mol. The van der Waals surface area contributed by atoms with E-state index in [0.717, 1.165) is 18.9 Å². The quantitative estimate of drug-likeness (QED) is 0.571. The third-order valence-electron chi connectivity index (χ3n) is 6.30. The Morgan fingerprint density at radius 1 is 1.42 bits per heavy atom. The number of fused-ring (bicyclic) bond motifs is 1. The first-order valence-electron chi connectivity index (χ1n) is 10.2. The molecular weight excluding hydrogens is 409 g/mol. The van der Waals surface area contributed by atoms with Gasteiger partial charge >= 0.3 is 11.8 Å². The van der Waals surface area contributed by atoms with Gasteiger partial charge in [0.15, 0.2) is 0 Å². The largest absolute Gasteiger partial charge is 0.465 e. The molecule has 4 N–H and O–H groups in total. The molecule has 0 spiro atoms. The number of ether oxygens (including phenoxy) is 1. The molecule has 2 aromatic rings. The second-order valence-electron chi connectivity index (χ2n) is 8.55. The van der Waals surface area contributed by atoms with E-state index < -0.39 is 28.6 Å². The van der Waals surface area contributed by atoms with Crippen LogP contribution in [0.15, 0.2) is 15.7 Å². The minimum atomic E-state index is -1.13. The molecule has 2 aliphatic rings. The molecule has 0 radical (unpaired) electrons. The average molecular weight is 435 g/mol. The van der Waals surface area contributed by atoms with E-state index in [2.05, 4.69) is 5.32 Å². The van der Waals surface area contributed by atoms with Crippen molar-refractivity contribution >= 4 is 22.7 Å². The summed E-state index contributed by atoms with van der Waals surface area (Å²) in [6.07, 6.45) is 1.05. The van der Waals surface area contributed by atoms with Gasteiger partial charge in [0, 0.05) is 43.8 Å². The van der Waals surface area contributed by atoms with Crippen molar-refractivity contribution in [1.82, 2.24) is 14.6 Å². The van der Waals surface area contributed by atoms with Crippen LogP contribution in [0.25, 0.3) is 10.9 Å².